The van der Waals surface area contributed by atoms with E-state index in [0.29, 0.717) is 22.8 Å². The van der Waals surface area contributed by atoms with Crippen molar-refractivity contribution in [3.63, 3.8) is 0 Å². The highest BCUT2D eigenvalue weighted by Gasteiger charge is 2.69. The summed E-state index contributed by atoms with van der Waals surface area (Å²) in [6.07, 6.45) is -1.09. The minimum absolute atomic E-state index is 0.122. The first-order valence-corrected chi connectivity index (χ1v) is 9.34. The predicted octanol–water partition coefficient (Wildman–Crippen LogP) is 3.60. The zero-order chi connectivity index (χ0) is 20.5. The predicted molar refractivity (Wildman–Crippen MR) is 94.6 cm³/mol. The number of benzene rings is 1. The smallest absolute Gasteiger partial charge is 0.314 e. The fourth-order valence-corrected chi connectivity index (χ4v) is 3.71. The molecule has 2 aliphatic rings. The van der Waals surface area contributed by atoms with Gasteiger partial charge in [-0.2, -0.15) is 13.2 Å². The van der Waals surface area contributed by atoms with Gasteiger partial charge in [0.25, 0.3) is 17.5 Å². The van der Waals surface area contributed by atoms with E-state index in [1.807, 2.05) is 0 Å². The highest BCUT2D eigenvalue weighted by Crippen LogP contribution is 2.36. The van der Waals surface area contributed by atoms with E-state index in [2.05, 4.69) is 0 Å². The molecule has 1 heterocycles. The Hall–Kier alpha value is -2.29. The molecule has 0 aromatic heterocycles. The lowest BCUT2D eigenvalue weighted by molar-refractivity contribution is -0.200. The minimum Gasteiger partial charge on any atom is -0.314 e. The minimum atomic E-state index is -5.22. The molecule has 0 spiro atoms. The average Bonchev–Trinajstić information content (AvgIpc) is 2.80. The molecular formula is C18H19ClF3N3O3. The summed E-state index contributed by atoms with van der Waals surface area (Å²) in [6.45, 7) is 0. The Labute approximate surface area is 164 Å². The first kappa shape index (κ1) is 20.4. The first-order chi connectivity index (χ1) is 13.2. The van der Waals surface area contributed by atoms with Gasteiger partial charge in [0.1, 0.15) is 0 Å². The molecule has 1 saturated heterocycles. The van der Waals surface area contributed by atoms with E-state index in [1.54, 1.807) is 10.6 Å². The van der Waals surface area contributed by atoms with Gasteiger partial charge in [-0.1, -0.05) is 37.3 Å². The molecule has 1 saturated carbocycles. The van der Waals surface area contributed by atoms with Gasteiger partial charge >= 0.3 is 12.2 Å². The number of nitrogens with zero attached hydrogens (tertiary/aromatic N) is 1. The van der Waals surface area contributed by atoms with E-state index in [1.165, 1.54) is 24.3 Å². The van der Waals surface area contributed by atoms with Crippen LogP contribution in [0.2, 0.25) is 5.02 Å². The van der Waals surface area contributed by atoms with Crippen molar-refractivity contribution in [3.05, 3.63) is 34.9 Å². The molecule has 3 rings (SSSR count). The number of carbonyl (C=O) groups is 3. The number of imide groups is 1. The SMILES string of the molecule is O=C(N[C@@]1(C(F)(F)F)NC(=O)N(C2CCCCCC2)C1=O)c1ccc(Cl)cc1. The summed E-state index contributed by atoms with van der Waals surface area (Å²) >= 11 is 5.72. The second kappa shape index (κ2) is 7.62. The van der Waals surface area contributed by atoms with Crippen LogP contribution in [0.3, 0.4) is 0 Å². The molecule has 4 amide bonds. The quantitative estimate of drug-likeness (QED) is 0.582. The zero-order valence-corrected chi connectivity index (χ0v) is 15.6. The number of carbonyl (C=O) groups excluding carboxylic acids is 3. The number of alkyl halides is 3. The zero-order valence-electron chi connectivity index (χ0n) is 14.8. The molecule has 1 aromatic carbocycles. The lowest BCUT2D eigenvalue weighted by Gasteiger charge is -2.31. The van der Waals surface area contributed by atoms with Gasteiger partial charge in [0.2, 0.25) is 0 Å². The summed E-state index contributed by atoms with van der Waals surface area (Å²) in [4.78, 5) is 38.2. The fourth-order valence-electron chi connectivity index (χ4n) is 3.59. The van der Waals surface area contributed by atoms with E-state index in [9.17, 15) is 27.6 Å². The van der Waals surface area contributed by atoms with Gasteiger partial charge in [-0.15, -0.1) is 0 Å². The second-order valence-corrected chi connectivity index (χ2v) is 7.40. The molecule has 0 radical (unpaired) electrons. The number of halogens is 4. The van der Waals surface area contributed by atoms with Crippen LogP contribution in [0, 0.1) is 0 Å². The number of hydrogen-bond acceptors (Lipinski definition) is 3. The van der Waals surface area contributed by atoms with Gasteiger partial charge < -0.3 is 5.32 Å². The van der Waals surface area contributed by atoms with Crippen LogP contribution in [0.4, 0.5) is 18.0 Å². The average molecular weight is 418 g/mol. The van der Waals surface area contributed by atoms with Crippen molar-refractivity contribution in [2.75, 3.05) is 0 Å². The third-order valence-corrected chi connectivity index (χ3v) is 5.33. The van der Waals surface area contributed by atoms with Crippen LogP contribution in [0.1, 0.15) is 48.9 Å². The van der Waals surface area contributed by atoms with Crippen molar-refractivity contribution in [3.8, 4) is 0 Å². The largest absolute Gasteiger partial charge is 0.440 e. The van der Waals surface area contributed by atoms with Gasteiger partial charge in [0, 0.05) is 16.6 Å². The number of hydrogen-bond donors (Lipinski definition) is 2. The summed E-state index contributed by atoms with van der Waals surface area (Å²) in [5.74, 6) is -2.65. The van der Waals surface area contributed by atoms with Crippen molar-refractivity contribution < 1.29 is 27.6 Å². The molecule has 6 nitrogen and oxygen atoms in total. The number of nitrogens with one attached hydrogen (secondary N) is 2. The normalized spacial score (nSPS) is 24.1. The molecular weight excluding hydrogens is 399 g/mol. The van der Waals surface area contributed by atoms with Crippen LogP contribution in [-0.4, -0.2) is 40.6 Å². The van der Waals surface area contributed by atoms with Crippen LogP contribution in [0.5, 0.6) is 0 Å². The molecule has 1 atom stereocenters. The van der Waals surface area contributed by atoms with E-state index in [0.717, 1.165) is 25.7 Å². The Morgan fingerprint density at radius 1 is 1.11 bits per heavy atom. The third kappa shape index (κ3) is 3.67. The van der Waals surface area contributed by atoms with Crippen LogP contribution in [0.25, 0.3) is 0 Å². The van der Waals surface area contributed by atoms with Gasteiger partial charge in [-0.25, -0.2) is 4.79 Å². The van der Waals surface area contributed by atoms with Gasteiger partial charge in [-0.05, 0) is 37.1 Å². The van der Waals surface area contributed by atoms with Gasteiger partial charge in [-0.3, -0.25) is 19.8 Å². The second-order valence-electron chi connectivity index (χ2n) is 6.96. The molecule has 2 fully saturated rings. The van der Waals surface area contributed by atoms with E-state index in [4.69, 9.17) is 11.6 Å². The lowest BCUT2D eigenvalue weighted by Crippen LogP contribution is -2.69. The molecule has 0 unspecified atom stereocenters. The van der Waals surface area contributed by atoms with Crippen LogP contribution >= 0.6 is 11.6 Å². The van der Waals surface area contributed by atoms with Crippen molar-refractivity contribution in [1.82, 2.24) is 15.5 Å². The Bertz CT molecular complexity index is 777. The third-order valence-electron chi connectivity index (χ3n) is 5.08. The highest BCUT2D eigenvalue weighted by atomic mass is 35.5. The fraction of sp³-hybridized carbons (Fsp3) is 0.500. The maximum absolute atomic E-state index is 13.9. The number of urea groups is 1. The molecule has 0 bridgehead atoms. The Balaban J connectivity index is 1.91. The van der Waals surface area contributed by atoms with Crippen LogP contribution < -0.4 is 10.6 Å². The molecule has 28 heavy (non-hydrogen) atoms. The Morgan fingerprint density at radius 3 is 2.21 bits per heavy atom. The molecule has 2 N–H and O–H groups in total. The monoisotopic (exact) mass is 417 g/mol. The van der Waals surface area contributed by atoms with Crippen molar-refractivity contribution in [2.45, 2.75) is 56.4 Å². The topological polar surface area (TPSA) is 78.5 Å². The van der Waals surface area contributed by atoms with Gasteiger partial charge in [0.05, 0.1) is 0 Å². The van der Waals surface area contributed by atoms with Crippen LogP contribution in [0.15, 0.2) is 24.3 Å². The van der Waals surface area contributed by atoms with Gasteiger partial charge in [0.15, 0.2) is 0 Å². The highest BCUT2D eigenvalue weighted by molar-refractivity contribution is 6.30. The summed E-state index contributed by atoms with van der Waals surface area (Å²) in [5.41, 5.74) is -3.62. The Kier molecular flexibility index (Phi) is 5.56. The maximum Gasteiger partial charge on any atom is 0.440 e. The molecule has 1 aromatic rings. The summed E-state index contributed by atoms with van der Waals surface area (Å²) in [7, 11) is 0. The van der Waals surface area contributed by atoms with Crippen molar-refractivity contribution >= 4 is 29.4 Å². The van der Waals surface area contributed by atoms with Crippen molar-refractivity contribution in [2.24, 2.45) is 0 Å². The van der Waals surface area contributed by atoms with E-state index < -0.39 is 35.7 Å². The number of rotatable bonds is 3. The molecule has 10 heteroatoms. The lowest BCUT2D eigenvalue weighted by atomic mass is 10.0. The standard InChI is InChI=1S/C18H19ClF3N3O3/c19-12-9-7-11(8-10-12)14(26)23-17(18(20,21)22)15(27)25(16(28)24-17)13-5-3-1-2-4-6-13/h7-10,13H,1-6H2,(H,23,26)(H,24,28)/t17-/m1/s1. The molecule has 152 valence electrons. The van der Waals surface area contributed by atoms with E-state index in [-0.39, 0.29) is 5.56 Å². The van der Waals surface area contributed by atoms with Crippen molar-refractivity contribution in [1.29, 1.82) is 0 Å². The maximum atomic E-state index is 13.9. The summed E-state index contributed by atoms with van der Waals surface area (Å²) in [5, 5.41) is 3.69. The molecule has 1 aliphatic heterocycles. The first-order valence-electron chi connectivity index (χ1n) is 8.96. The summed E-state index contributed by atoms with van der Waals surface area (Å²) < 4.78 is 41.7. The van der Waals surface area contributed by atoms with Crippen LogP contribution in [-0.2, 0) is 4.79 Å². The Morgan fingerprint density at radius 2 is 1.68 bits per heavy atom. The number of amides is 4. The molecule has 1 aliphatic carbocycles. The van der Waals surface area contributed by atoms with E-state index >= 15 is 0 Å². The summed E-state index contributed by atoms with van der Waals surface area (Å²) in [6, 6.07) is 3.36.